The lowest BCUT2D eigenvalue weighted by Crippen LogP contribution is -2.35. The Kier molecular flexibility index (Phi) is 6.56. The van der Waals surface area contributed by atoms with Crippen LogP contribution in [0.2, 0.25) is 0 Å². The molecular weight excluding hydrogens is 278 g/mol. The van der Waals surface area contributed by atoms with Crippen LogP contribution in [-0.4, -0.2) is 30.6 Å². The van der Waals surface area contributed by atoms with Crippen LogP contribution in [0.15, 0.2) is 24.3 Å². The molecule has 1 heterocycles. The van der Waals surface area contributed by atoms with E-state index in [2.05, 4.69) is 11.4 Å². The molecule has 5 heteroatoms. The number of hydrogen-bond donors (Lipinski definition) is 1. The lowest BCUT2D eigenvalue weighted by molar-refractivity contribution is 0.214. The summed E-state index contributed by atoms with van der Waals surface area (Å²) in [6, 6.07) is 9.45. The molecule has 5 nitrogen and oxygen atoms in total. The van der Waals surface area contributed by atoms with Gasteiger partial charge in [0.2, 0.25) is 0 Å². The fourth-order valence-corrected chi connectivity index (χ4v) is 2.48. The molecule has 0 saturated carbocycles. The molecule has 2 rings (SSSR count). The van der Waals surface area contributed by atoms with Crippen LogP contribution in [0.3, 0.4) is 0 Å². The van der Waals surface area contributed by atoms with Crippen LogP contribution in [-0.2, 0) is 0 Å². The second-order valence-electron chi connectivity index (χ2n) is 5.47. The zero-order valence-electron chi connectivity index (χ0n) is 12.9. The molecule has 0 bridgehead atoms. The van der Waals surface area contributed by atoms with Gasteiger partial charge < -0.3 is 15.0 Å². The van der Waals surface area contributed by atoms with E-state index in [1.165, 1.54) is 12.8 Å². The van der Waals surface area contributed by atoms with Gasteiger partial charge in [0, 0.05) is 31.3 Å². The summed E-state index contributed by atoms with van der Waals surface area (Å²) in [6.45, 7) is 2.17. The third-order valence-electron chi connectivity index (χ3n) is 3.68. The zero-order valence-corrected chi connectivity index (χ0v) is 12.9. The van der Waals surface area contributed by atoms with E-state index in [9.17, 15) is 4.79 Å². The average Bonchev–Trinajstić information content (AvgIpc) is 2.81. The van der Waals surface area contributed by atoms with Gasteiger partial charge in [-0.1, -0.05) is 18.9 Å². The fourth-order valence-electron chi connectivity index (χ4n) is 2.48. The van der Waals surface area contributed by atoms with Crippen molar-refractivity contribution in [3.05, 3.63) is 24.3 Å². The van der Waals surface area contributed by atoms with Crippen molar-refractivity contribution in [2.75, 3.05) is 25.0 Å². The molecule has 1 fully saturated rings. The minimum Gasteiger partial charge on any atom is -0.493 e. The number of hydrogen-bond acceptors (Lipinski definition) is 3. The Morgan fingerprint density at radius 1 is 1.27 bits per heavy atom. The molecule has 22 heavy (non-hydrogen) atoms. The molecule has 118 valence electrons. The van der Waals surface area contributed by atoms with E-state index >= 15 is 0 Å². The molecule has 1 aromatic rings. The van der Waals surface area contributed by atoms with Gasteiger partial charge in [0.1, 0.15) is 5.75 Å². The van der Waals surface area contributed by atoms with E-state index in [-0.39, 0.29) is 6.03 Å². The first-order valence-electron chi connectivity index (χ1n) is 7.95. The number of carbonyl (C=O) groups is 1. The molecule has 0 spiro atoms. The molecule has 0 atom stereocenters. The van der Waals surface area contributed by atoms with Crippen molar-refractivity contribution in [1.82, 2.24) is 4.90 Å². The van der Waals surface area contributed by atoms with E-state index in [0.29, 0.717) is 25.2 Å². The Bertz CT molecular complexity index is 517. The van der Waals surface area contributed by atoms with Crippen molar-refractivity contribution >= 4 is 11.7 Å². The largest absolute Gasteiger partial charge is 0.493 e. The standard InChI is InChI=1S/C17H23N3O2/c18-10-3-6-13-22-16-9-7-8-15(14-16)19-17(21)20-11-4-1-2-5-12-20/h7-9,14H,1-6,11-13H2,(H,19,21). The molecule has 1 aliphatic heterocycles. The summed E-state index contributed by atoms with van der Waals surface area (Å²) >= 11 is 0. The van der Waals surface area contributed by atoms with Gasteiger partial charge in [-0.15, -0.1) is 0 Å². The second kappa shape index (κ2) is 8.93. The number of unbranched alkanes of at least 4 members (excludes halogenated alkanes) is 1. The third-order valence-corrected chi connectivity index (χ3v) is 3.68. The number of amides is 2. The summed E-state index contributed by atoms with van der Waals surface area (Å²) in [6.07, 6.45) is 5.77. The predicted molar refractivity (Wildman–Crippen MR) is 85.8 cm³/mol. The van der Waals surface area contributed by atoms with Gasteiger partial charge in [-0.05, 0) is 31.4 Å². The van der Waals surface area contributed by atoms with Gasteiger partial charge in [0.05, 0.1) is 12.7 Å². The lowest BCUT2D eigenvalue weighted by atomic mass is 10.2. The van der Waals surface area contributed by atoms with E-state index in [4.69, 9.17) is 10.00 Å². The van der Waals surface area contributed by atoms with E-state index in [1.54, 1.807) is 0 Å². The Morgan fingerprint density at radius 3 is 2.77 bits per heavy atom. The molecular formula is C17H23N3O2. The van der Waals surface area contributed by atoms with Crippen molar-refractivity contribution in [3.63, 3.8) is 0 Å². The Balaban J connectivity index is 1.86. The predicted octanol–water partition coefficient (Wildman–Crippen LogP) is 3.78. The highest BCUT2D eigenvalue weighted by Crippen LogP contribution is 2.19. The van der Waals surface area contributed by atoms with Crippen LogP contribution in [0.5, 0.6) is 5.75 Å². The number of likely N-dealkylation sites (tertiary alicyclic amines) is 1. The SMILES string of the molecule is N#CCCCOc1cccc(NC(=O)N2CCCCCC2)c1. The Morgan fingerprint density at radius 2 is 2.05 bits per heavy atom. The molecule has 1 N–H and O–H groups in total. The first kappa shape index (κ1) is 16.2. The first-order valence-corrected chi connectivity index (χ1v) is 7.95. The molecule has 0 aliphatic carbocycles. The monoisotopic (exact) mass is 301 g/mol. The van der Waals surface area contributed by atoms with Crippen LogP contribution in [0.1, 0.15) is 38.5 Å². The number of rotatable bonds is 5. The highest BCUT2D eigenvalue weighted by Gasteiger charge is 2.15. The van der Waals surface area contributed by atoms with Crippen LogP contribution < -0.4 is 10.1 Å². The van der Waals surface area contributed by atoms with Crippen molar-refractivity contribution in [1.29, 1.82) is 5.26 Å². The quantitative estimate of drug-likeness (QED) is 0.842. The molecule has 1 saturated heterocycles. The molecule has 1 aromatic carbocycles. The van der Waals surface area contributed by atoms with Gasteiger partial charge in [0.15, 0.2) is 0 Å². The first-order chi connectivity index (χ1) is 10.8. The third kappa shape index (κ3) is 5.28. The summed E-state index contributed by atoms with van der Waals surface area (Å²) in [4.78, 5) is 14.2. The fraction of sp³-hybridized carbons (Fsp3) is 0.529. The van der Waals surface area contributed by atoms with Gasteiger partial charge in [0.25, 0.3) is 0 Å². The maximum Gasteiger partial charge on any atom is 0.321 e. The molecule has 1 aliphatic rings. The topological polar surface area (TPSA) is 65.4 Å². The van der Waals surface area contributed by atoms with Crippen LogP contribution >= 0.6 is 0 Å². The maximum atomic E-state index is 12.3. The Hall–Kier alpha value is -2.22. The summed E-state index contributed by atoms with van der Waals surface area (Å²) in [5.41, 5.74) is 0.743. The van der Waals surface area contributed by atoms with Crippen LogP contribution in [0.4, 0.5) is 10.5 Å². The zero-order chi connectivity index (χ0) is 15.6. The van der Waals surface area contributed by atoms with Gasteiger partial charge in [-0.2, -0.15) is 5.26 Å². The minimum absolute atomic E-state index is 0.0384. The lowest BCUT2D eigenvalue weighted by Gasteiger charge is -2.21. The maximum absolute atomic E-state index is 12.3. The van der Waals surface area contributed by atoms with Crippen LogP contribution in [0, 0.1) is 11.3 Å². The highest BCUT2D eigenvalue weighted by molar-refractivity contribution is 5.89. The summed E-state index contributed by atoms with van der Waals surface area (Å²) in [7, 11) is 0. The number of nitrogens with zero attached hydrogens (tertiary/aromatic N) is 2. The summed E-state index contributed by atoms with van der Waals surface area (Å²) in [5.74, 6) is 0.714. The smallest absolute Gasteiger partial charge is 0.321 e. The minimum atomic E-state index is -0.0384. The molecule has 0 unspecified atom stereocenters. The van der Waals surface area contributed by atoms with E-state index in [1.807, 2.05) is 29.2 Å². The van der Waals surface area contributed by atoms with Crippen molar-refractivity contribution in [3.8, 4) is 11.8 Å². The van der Waals surface area contributed by atoms with Crippen LogP contribution in [0.25, 0.3) is 0 Å². The molecule has 2 amide bonds. The highest BCUT2D eigenvalue weighted by atomic mass is 16.5. The Labute approximate surface area is 131 Å². The second-order valence-corrected chi connectivity index (χ2v) is 5.47. The number of benzene rings is 1. The van der Waals surface area contributed by atoms with Crippen molar-refractivity contribution in [2.24, 2.45) is 0 Å². The number of carbonyl (C=O) groups excluding carboxylic acids is 1. The number of ether oxygens (including phenoxy) is 1. The number of urea groups is 1. The number of nitrogens with one attached hydrogen (secondary N) is 1. The van der Waals surface area contributed by atoms with Gasteiger partial charge in [-0.25, -0.2) is 4.79 Å². The van der Waals surface area contributed by atoms with Gasteiger partial charge in [-0.3, -0.25) is 0 Å². The van der Waals surface area contributed by atoms with E-state index in [0.717, 1.165) is 31.6 Å². The molecule has 0 aromatic heterocycles. The molecule has 0 radical (unpaired) electrons. The number of nitriles is 1. The van der Waals surface area contributed by atoms with E-state index < -0.39 is 0 Å². The number of anilines is 1. The normalized spacial score (nSPS) is 14.8. The summed E-state index contributed by atoms with van der Waals surface area (Å²) in [5, 5.41) is 11.4. The van der Waals surface area contributed by atoms with Crippen molar-refractivity contribution < 1.29 is 9.53 Å². The average molecular weight is 301 g/mol. The summed E-state index contributed by atoms with van der Waals surface area (Å²) < 4.78 is 5.58. The van der Waals surface area contributed by atoms with Gasteiger partial charge >= 0.3 is 6.03 Å². The van der Waals surface area contributed by atoms with Crippen molar-refractivity contribution in [2.45, 2.75) is 38.5 Å².